The van der Waals surface area contributed by atoms with Crippen LogP contribution in [0.5, 0.6) is 5.88 Å². The highest BCUT2D eigenvalue weighted by atomic mass is 32.1. The number of nitrogens with zero attached hydrogens (tertiary/aromatic N) is 1. The van der Waals surface area contributed by atoms with E-state index in [4.69, 9.17) is 4.74 Å². The minimum atomic E-state index is 0.605. The molecule has 0 bridgehead atoms. The minimum absolute atomic E-state index is 0.605. The number of hydrogen-bond acceptors (Lipinski definition) is 4. The van der Waals surface area contributed by atoms with Crippen LogP contribution >= 0.6 is 11.3 Å². The Morgan fingerprint density at radius 3 is 2.81 bits per heavy atom. The van der Waals surface area contributed by atoms with Gasteiger partial charge in [0.15, 0.2) is 6.29 Å². The van der Waals surface area contributed by atoms with Crippen LogP contribution in [0.3, 0.4) is 0 Å². The maximum atomic E-state index is 10.6. The maximum Gasteiger partial charge on any atom is 0.213 e. The van der Waals surface area contributed by atoms with Gasteiger partial charge < -0.3 is 4.74 Å². The van der Waals surface area contributed by atoms with Crippen LogP contribution in [0.25, 0.3) is 10.4 Å². The molecule has 2 heterocycles. The van der Waals surface area contributed by atoms with Crippen LogP contribution in [0.2, 0.25) is 0 Å². The van der Waals surface area contributed by atoms with Gasteiger partial charge in [-0.2, -0.15) is 0 Å². The van der Waals surface area contributed by atoms with E-state index in [0.717, 1.165) is 27.2 Å². The first kappa shape index (κ1) is 10.8. The Kier molecular flexibility index (Phi) is 3.01. The van der Waals surface area contributed by atoms with E-state index >= 15 is 0 Å². The summed E-state index contributed by atoms with van der Waals surface area (Å²) < 4.78 is 5.05. The quantitative estimate of drug-likeness (QED) is 0.765. The second-order valence-electron chi connectivity index (χ2n) is 3.36. The Morgan fingerprint density at radius 2 is 2.25 bits per heavy atom. The molecule has 0 saturated carbocycles. The molecule has 82 valence electrons. The highest BCUT2D eigenvalue weighted by Crippen LogP contribution is 2.30. The summed E-state index contributed by atoms with van der Waals surface area (Å²) in [6.45, 7) is 2.00. The second-order valence-corrected chi connectivity index (χ2v) is 4.48. The molecule has 0 atom stereocenters. The summed E-state index contributed by atoms with van der Waals surface area (Å²) in [7, 11) is 1.59. The molecule has 2 aromatic heterocycles. The number of aromatic nitrogens is 1. The molecule has 0 saturated heterocycles. The number of rotatable bonds is 3. The van der Waals surface area contributed by atoms with E-state index in [0.29, 0.717) is 5.88 Å². The van der Waals surface area contributed by atoms with Gasteiger partial charge in [-0.05, 0) is 24.6 Å². The molecule has 0 aliphatic heterocycles. The summed E-state index contributed by atoms with van der Waals surface area (Å²) in [5.74, 6) is 0.605. The minimum Gasteiger partial charge on any atom is -0.481 e. The summed E-state index contributed by atoms with van der Waals surface area (Å²) in [5.41, 5.74) is 2.13. The average Bonchev–Trinajstić information content (AvgIpc) is 2.77. The molecule has 0 fully saturated rings. The lowest BCUT2D eigenvalue weighted by Crippen LogP contribution is -1.89. The number of carbonyl (C=O) groups excluding carboxylic acids is 1. The molecule has 0 spiro atoms. The molecular formula is C12H11NO2S. The van der Waals surface area contributed by atoms with Crippen molar-refractivity contribution in [2.45, 2.75) is 6.92 Å². The zero-order valence-electron chi connectivity index (χ0n) is 9.06. The predicted octanol–water partition coefficient (Wildman–Crippen LogP) is 2.94. The van der Waals surface area contributed by atoms with E-state index < -0.39 is 0 Å². The number of ether oxygens (including phenoxy) is 1. The first-order valence-corrected chi connectivity index (χ1v) is 5.62. The third-order valence-electron chi connectivity index (χ3n) is 2.30. The standard InChI is InChI=1S/C12H11NO2S/c1-8-5-12(15-2)13-6-10(8)11-4-3-9(7-14)16-11/h3-7H,1-2H3. The molecule has 0 aliphatic carbocycles. The number of aldehydes is 1. The Balaban J connectivity index is 2.43. The van der Waals surface area contributed by atoms with Gasteiger partial charge in [-0.25, -0.2) is 4.98 Å². The van der Waals surface area contributed by atoms with Gasteiger partial charge in [-0.1, -0.05) is 0 Å². The molecule has 16 heavy (non-hydrogen) atoms. The van der Waals surface area contributed by atoms with Gasteiger partial charge in [0.25, 0.3) is 0 Å². The highest BCUT2D eigenvalue weighted by molar-refractivity contribution is 7.17. The van der Waals surface area contributed by atoms with E-state index in [1.54, 1.807) is 13.3 Å². The van der Waals surface area contributed by atoms with Gasteiger partial charge >= 0.3 is 0 Å². The predicted molar refractivity (Wildman–Crippen MR) is 64.2 cm³/mol. The molecule has 0 unspecified atom stereocenters. The summed E-state index contributed by atoms with van der Waals surface area (Å²) >= 11 is 1.46. The average molecular weight is 233 g/mol. The van der Waals surface area contributed by atoms with Gasteiger partial charge in [0.1, 0.15) is 0 Å². The first-order chi connectivity index (χ1) is 7.74. The van der Waals surface area contributed by atoms with Gasteiger partial charge in [0.2, 0.25) is 5.88 Å². The van der Waals surface area contributed by atoms with E-state index in [1.165, 1.54) is 11.3 Å². The Bertz CT molecular complexity index is 519. The van der Waals surface area contributed by atoms with Crippen molar-refractivity contribution in [3.63, 3.8) is 0 Å². The summed E-state index contributed by atoms with van der Waals surface area (Å²) in [6.07, 6.45) is 2.63. The summed E-state index contributed by atoms with van der Waals surface area (Å²) in [5, 5.41) is 0. The van der Waals surface area contributed by atoms with Crippen molar-refractivity contribution < 1.29 is 9.53 Å². The van der Waals surface area contributed by atoms with Gasteiger partial charge in [0.05, 0.1) is 12.0 Å². The van der Waals surface area contributed by atoms with E-state index in [-0.39, 0.29) is 0 Å². The van der Waals surface area contributed by atoms with Crippen LogP contribution in [-0.2, 0) is 0 Å². The largest absolute Gasteiger partial charge is 0.481 e. The molecule has 2 aromatic rings. The van der Waals surface area contributed by atoms with Crippen LogP contribution < -0.4 is 4.74 Å². The molecule has 2 rings (SSSR count). The molecule has 4 heteroatoms. The van der Waals surface area contributed by atoms with E-state index in [2.05, 4.69) is 4.98 Å². The number of aryl methyl sites for hydroxylation is 1. The van der Waals surface area contributed by atoms with Crippen molar-refractivity contribution >= 4 is 17.6 Å². The molecule has 0 radical (unpaired) electrons. The van der Waals surface area contributed by atoms with E-state index in [1.807, 2.05) is 25.1 Å². The fraction of sp³-hybridized carbons (Fsp3) is 0.167. The van der Waals surface area contributed by atoms with Crippen LogP contribution in [0.15, 0.2) is 24.4 Å². The number of carbonyl (C=O) groups is 1. The van der Waals surface area contributed by atoms with Crippen molar-refractivity contribution in [2.24, 2.45) is 0 Å². The van der Waals surface area contributed by atoms with Gasteiger partial charge in [-0.3, -0.25) is 4.79 Å². The highest BCUT2D eigenvalue weighted by Gasteiger charge is 2.07. The number of thiophene rings is 1. The molecule has 0 aromatic carbocycles. The zero-order chi connectivity index (χ0) is 11.5. The topological polar surface area (TPSA) is 39.2 Å². The maximum absolute atomic E-state index is 10.6. The Hall–Kier alpha value is -1.68. The lowest BCUT2D eigenvalue weighted by atomic mass is 10.1. The third-order valence-corrected chi connectivity index (χ3v) is 3.35. The van der Waals surface area contributed by atoms with Gasteiger partial charge in [0, 0.05) is 22.7 Å². The smallest absolute Gasteiger partial charge is 0.213 e. The third kappa shape index (κ3) is 1.97. The molecule has 3 nitrogen and oxygen atoms in total. The van der Waals surface area contributed by atoms with Crippen molar-refractivity contribution in [3.05, 3.63) is 34.8 Å². The lowest BCUT2D eigenvalue weighted by Gasteiger charge is -2.04. The normalized spacial score (nSPS) is 10.1. The van der Waals surface area contributed by atoms with Crippen LogP contribution in [0.1, 0.15) is 15.2 Å². The van der Waals surface area contributed by atoms with Crippen molar-refractivity contribution in [3.8, 4) is 16.3 Å². The molecule has 0 aliphatic rings. The van der Waals surface area contributed by atoms with Crippen molar-refractivity contribution in [1.82, 2.24) is 4.98 Å². The lowest BCUT2D eigenvalue weighted by molar-refractivity contribution is 0.112. The number of pyridine rings is 1. The van der Waals surface area contributed by atoms with Crippen LogP contribution in [0.4, 0.5) is 0 Å². The van der Waals surface area contributed by atoms with Gasteiger partial charge in [-0.15, -0.1) is 11.3 Å². The molecule has 0 amide bonds. The van der Waals surface area contributed by atoms with Crippen LogP contribution in [-0.4, -0.2) is 18.4 Å². The fourth-order valence-corrected chi connectivity index (χ4v) is 2.36. The molecular weight excluding hydrogens is 222 g/mol. The molecule has 0 N–H and O–H groups in total. The van der Waals surface area contributed by atoms with Crippen molar-refractivity contribution in [2.75, 3.05) is 7.11 Å². The zero-order valence-corrected chi connectivity index (χ0v) is 9.88. The van der Waals surface area contributed by atoms with Crippen molar-refractivity contribution in [1.29, 1.82) is 0 Å². The second kappa shape index (κ2) is 4.45. The summed E-state index contributed by atoms with van der Waals surface area (Å²) in [6, 6.07) is 5.64. The van der Waals surface area contributed by atoms with E-state index in [9.17, 15) is 4.79 Å². The Morgan fingerprint density at radius 1 is 1.44 bits per heavy atom. The van der Waals surface area contributed by atoms with Crippen LogP contribution in [0, 0.1) is 6.92 Å². The first-order valence-electron chi connectivity index (χ1n) is 4.80. The monoisotopic (exact) mass is 233 g/mol. The SMILES string of the molecule is COc1cc(C)c(-c2ccc(C=O)s2)cn1. The number of hydrogen-bond donors (Lipinski definition) is 0. The Labute approximate surface area is 97.7 Å². The fourth-order valence-electron chi connectivity index (χ4n) is 1.46. The number of methoxy groups -OCH3 is 1. The summed E-state index contributed by atoms with van der Waals surface area (Å²) in [4.78, 5) is 16.6.